The molecule has 0 aliphatic carbocycles. The van der Waals surface area contributed by atoms with Crippen molar-refractivity contribution in [2.75, 3.05) is 19.0 Å². The number of halogens is 1. The van der Waals surface area contributed by atoms with Crippen LogP contribution in [0.2, 0.25) is 0 Å². The zero-order chi connectivity index (χ0) is 15.7. The Hall–Kier alpha value is -2.48. The SMILES string of the molecule is CN(C)c1ccc(-c2ccc(-c3nn[nH]n3)c(=O)[nH]2)cc1Br. The molecule has 0 saturated carbocycles. The second-order valence-corrected chi connectivity index (χ2v) is 5.77. The molecule has 0 amide bonds. The van der Waals surface area contributed by atoms with Crippen LogP contribution in [0.1, 0.15) is 0 Å². The summed E-state index contributed by atoms with van der Waals surface area (Å²) in [5.74, 6) is 0.275. The maximum Gasteiger partial charge on any atom is 0.259 e. The van der Waals surface area contributed by atoms with Gasteiger partial charge in [-0.05, 0) is 51.0 Å². The molecule has 8 heteroatoms. The van der Waals surface area contributed by atoms with Gasteiger partial charge in [-0.2, -0.15) is 5.21 Å². The van der Waals surface area contributed by atoms with Crippen molar-refractivity contribution in [3.8, 4) is 22.6 Å². The topological polar surface area (TPSA) is 90.6 Å². The number of nitrogens with zero attached hydrogens (tertiary/aromatic N) is 4. The third-order valence-electron chi connectivity index (χ3n) is 3.24. The number of aromatic nitrogens is 5. The molecule has 0 unspecified atom stereocenters. The van der Waals surface area contributed by atoms with Crippen LogP contribution >= 0.6 is 15.9 Å². The Morgan fingerprint density at radius 1 is 1.18 bits per heavy atom. The number of rotatable bonds is 3. The Labute approximate surface area is 134 Å². The predicted octanol–water partition coefficient (Wildman–Crippen LogP) is 2.05. The molecule has 0 bridgehead atoms. The Balaban J connectivity index is 2.01. The first-order valence-electron chi connectivity index (χ1n) is 6.50. The van der Waals surface area contributed by atoms with Gasteiger partial charge < -0.3 is 9.88 Å². The smallest absolute Gasteiger partial charge is 0.259 e. The number of pyridine rings is 1. The van der Waals surface area contributed by atoms with Crippen LogP contribution in [0, 0.1) is 0 Å². The first kappa shape index (κ1) is 14.5. The molecule has 0 aliphatic rings. The number of nitrogens with one attached hydrogen (secondary N) is 2. The van der Waals surface area contributed by atoms with Crippen molar-refractivity contribution in [1.29, 1.82) is 0 Å². The minimum Gasteiger partial charge on any atom is -0.377 e. The van der Waals surface area contributed by atoms with Crippen LogP contribution in [0.5, 0.6) is 0 Å². The fourth-order valence-electron chi connectivity index (χ4n) is 2.13. The standard InChI is InChI=1S/C14H13BrN6O/c1-21(2)12-6-3-8(7-10(12)15)11-5-4-9(14(22)16-11)13-17-19-20-18-13/h3-7H,1-2H3,(H,16,22)(H,17,18,19,20). The second kappa shape index (κ2) is 5.72. The second-order valence-electron chi connectivity index (χ2n) is 4.91. The molecule has 2 heterocycles. The average Bonchev–Trinajstić information content (AvgIpc) is 3.00. The summed E-state index contributed by atoms with van der Waals surface area (Å²) in [6.45, 7) is 0. The van der Waals surface area contributed by atoms with E-state index < -0.39 is 0 Å². The van der Waals surface area contributed by atoms with E-state index in [0.717, 1.165) is 21.4 Å². The Bertz CT molecular complexity index is 856. The largest absolute Gasteiger partial charge is 0.377 e. The van der Waals surface area contributed by atoms with Gasteiger partial charge >= 0.3 is 0 Å². The number of benzene rings is 1. The molecule has 1 aromatic carbocycles. The highest BCUT2D eigenvalue weighted by Crippen LogP contribution is 2.29. The van der Waals surface area contributed by atoms with E-state index in [1.54, 1.807) is 6.07 Å². The van der Waals surface area contributed by atoms with Gasteiger partial charge in [-0.3, -0.25) is 4.79 Å². The van der Waals surface area contributed by atoms with Crippen molar-refractivity contribution >= 4 is 21.6 Å². The highest BCUT2D eigenvalue weighted by atomic mass is 79.9. The van der Waals surface area contributed by atoms with Crippen LogP contribution in [0.3, 0.4) is 0 Å². The summed E-state index contributed by atoms with van der Waals surface area (Å²) in [6.07, 6.45) is 0. The monoisotopic (exact) mass is 360 g/mol. The first-order chi connectivity index (χ1) is 10.6. The number of hydrogen-bond acceptors (Lipinski definition) is 5. The number of tetrazole rings is 1. The van der Waals surface area contributed by atoms with Crippen LogP contribution in [0.15, 0.2) is 39.6 Å². The highest BCUT2D eigenvalue weighted by molar-refractivity contribution is 9.10. The predicted molar refractivity (Wildman–Crippen MR) is 87.7 cm³/mol. The van der Waals surface area contributed by atoms with Crippen molar-refractivity contribution in [3.63, 3.8) is 0 Å². The van der Waals surface area contributed by atoms with Gasteiger partial charge in [0.25, 0.3) is 5.56 Å². The third-order valence-corrected chi connectivity index (χ3v) is 3.87. The average molecular weight is 361 g/mol. The minimum absolute atomic E-state index is 0.258. The molecule has 0 atom stereocenters. The van der Waals surface area contributed by atoms with E-state index in [-0.39, 0.29) is 11.4 Å². The molecule has 112 valence electrons. The van der Waals surface area contributed by atoms with E-state index in [1.165, 1.54) is 0 Å². The Morgan fingerprint density at radius 2 is 2.00 bits per heavy atom. The highest BCUT2D eigenvalue weighted by Gasteiger charge is 2.10. The Morgan fingerprint density at radius 3 is 2.59 bits per heavy atom. The van der Waals surface area contributed by atoms with Crippen molar-refractivity contribution in [2.24, 2.45) is 0 Å². The molecule has 7 nitrogen and oxygen atoms in total. The molecule has 0 saturated heterocycles. The van der Waals surface area contributed by atoms with Crippen molar-refractivity contribution < 1.29 is 0 Å². The van der Waals surface area contributed by atoms with Crippen LogP contribution in [-0.2, 0) is 0 Å². The van der Waals surface area contributed by atoms with Gasteiger partial charge in [-0.1, -0.05) is 6.07 Å². The fourth-order valence-corrected chi connectivity index (χ4v) is 2.86. The van der Waals surface area contributed by atoms with E-state index >= 15 is 0 Å². The molecule has 22 heavy (non-hydrogen) atoms. The van der Waals surface area contributed by atoms with Gasteiger partial charge in [-0.15, -0.1) is 10.2 Å². The number of anilines is 1. The van der Waals surface area contributed by atoms with E-state index in [4.69, 9.17) is 0 Å². The lowest BCUT2D eigenvalue weighted by molar-refractivity contribution is 0.881. The number of H-pyrrole nitrogens is 2. The van der Waals surface area contributed by atoms with Crippen LogP contribution in [0.25, 0.3) is 22.6 Å². The Kier molecular flexibility index (Phi) is 3.76. The molecular formula is C14H13BrN6O. The summed E-state index contributed by atoms with van der Waals surface area (Å²) < 4.78 is 0.957. The quantitative estimate of drug-likeness (QED) is 0.745. The molecule has 0 aliphatic heterocycles. The maximum absolute atomic E-state index is 12.2. The summed E-state index contributed by atoms with van der Waals surface area (Å²) in [5.41, 5.74) is 2.82. The van der Waals surface area contributed by atoms with E-state index in [1.807, 2.05) is 43.3 Å². The van der Waals surface area contributed by atoms with Gasteiger partial charge in [0, 0.05) is 24.3 Å². The lowest BCUT2D eigenvalue weighted by Gasteiger charge is -2.15. The molecule has 2 N–H and O–H groups in total. The van der Waals surface area contributed by atoms with Crippen molar-refractivity contribution in [3.05, 3.63) is 45.2 Å². The van der Waals surface area contributed by atoms with Gasteiger partial charge in [0.15, 0.2) is 0 Å². The van der Waals surface area contributed by atoms with E-state index in [2.05, 4.69) is 41.5 Å². The first-order valence-corrected chi connectivity index (χ1v) is 7.30. The molecule has 2 aromatic heterocycles. The molecule has 0 fully saturated rings. The fraction of sp³-hybridized carbons (Fsp3) is 0.143. The summed E-state index contributed by atoms with van der Waals surface area (Å²) in [7, 11) is 3.95. The van der Waals surface area contributed by atoms with Crippen LogP contribution < -0.4 is 10.5 Å². The van der Waals surface area contributed by atoms with Gasteiger partial charge in [0.2, 0.25) is 5.82 Å². The number of aromatic amines is 2. The van der Waals surface area contributed by atoms with E-state index in [9.17, 15) is 4.79 Å². The summed E-state index contributed by atoms with van der Waals surface area (Å²) in [6, 6.07) is 9.43. The zero-order valence-corrected chi connectivity index (χ0v) is 13.5. The lowest BCUT2D eigenvalue weighted by Crippen LogP contribution is -2.11. The zero-order valence-electron chi connectivity index (χ0n) is 12.0. The van der Waals surface area contributed by atoms with Gasteiger partial charge in [-0.25, -0.2) is 0 Å². The van der Waals surface area contributed by atoms with Gasteiger partial charge in [0.05, 0.1) is 11.3 Å². The van der Waals surface area contributed by atoms with Gasteiger partial charge in [0.1, 0.15) is 0 Å². The van der Waals surface area contributed by atoms with Crippen LogP contribution in [0.4, 0.5) is 5.69 Å². The number of hydrogen-bond donors (Lipinski definition) is 2. The lowest BCUT2D eigenvalue weighted by atomic mass is 10.1. The van der Waals surface area contributed by atoms with E-state index in [0.29, 0.717) is 5.56 Å². The molecule has 3 aromatic rings. The van der Waals surface area contributed by atoms with Crippen molar-refractivity contribution in [1.82, 2.24) is 25.6 Å². The van der Waals surface area contributed by atoms with Crippen molar-refractivity contribution in [2.45, 2.75) is 0 Å². The maximum atomic E-state index is 12.2. The third kappa shape index (κ3) is 2.64. The summed E-state index contributed by atoms with van der Waals surface area (Å²) in [5, 5.41) is 13.4. The molecule has 0 spiro atoms. The summed E-state index contributed by atoms with van der Waals surface area (Å²) >= 11 is 3.54. The summed E-state index contributed by atoms with van der Waals surface area (Å²) in [4.78, 5) is 17.0. The normalized spacial score (nSPS) is 10.7. The molecular weight excluding hydrogens is 348 g/mol. The molecule has 3 rings (SSSR count). The minimum atomic E-state index is -0.258. The molecule has 0 radical (unpaired) electrons. The van der Waals surface area contributed by atoms with Crippen LogP contribution in [-0.4, -0.2) is 39.7 Å².